The monoisotopic (exact) mass is 450 g/mol. The molecule has 1 atom stereocenters. The van der Waals surface area contributed by atoms with Crippen molar-refractivity contribution in [1.29, 1.82) is 0 Å². The second-order valence-corrected chi connectivity index (χ2v) is 9.51. The molecule has 2 aromatic rings. The van der Waals surface area contributed by atoms with Crippen LogP contribution in [-0.4, -0.2) is 35.4 Å². The first kappa shape index (κ1) is 24.8. The van der Waals surface area contributed by atoms with E-state index in [9.17, 15) is 9.59 Å². The highest BCUT2D eigenvalue weighted by atomic mass is 16.5. The van der Waals surface area contributed by atoms with E-state index in [-0.39, 0.29) is 24.5 Å². The topological polar surface area (TPSA) is 58.6 Å². The van der Waals surface area contributed by atoms with Crippen molar-refractivity contribution < 1.29 is 14.3 Å². The summed E-state index contributed by atoms with van der Waals surface area (Å²) in [5.74, 6) is 0.724. The Labute approximate surface area is 198 Å². The molecule has 0 radical (unpaired) electrons. The number of carbonyl (C=O) groups is 2. The number of ether oxygens (including phenoxy) is 1. The number of aryl methyl sites for hydroxylation is 1. The van der Waals surface area contributed by atoms with Gasteiger partial charge in [0.25, 0.3) is 5.91 Å². The standard InChI is InChI=1S/C28H38N2O3/c1-20(2)25-15-8-9-16-26(25)33-19-27(31)30(18-23-12-10-11-21(3)17-23)22(4)28(32)29-24-13-6-5-7-14-24/h8-12,15-17,20,22,24H,5-7,13-14,18-19H2,1-4H3,(H,29,32). The number of amides is 2. The highest BCUT2D eigenvalue weighted by Gasteiger charge is 2.28. The maximum atomic E-state index is 13.3. The smallest absolute Gasteiger partial charge is 0.261 e. The van der Waals surface area contributed by atoms with Gasteiger partial charge >= 0.3 is 0 Å². The average molecular weight is 451 g/mol. The van der Waals surface area contributed by atoms with Crippen molar-refractivity contribution in [1.82, 2.24) is 10.2 Å². The van der Waals surface area contributed by atoms with Crippen molar-refractivity contribution in [2.24, 2.45) is 0 Å². The molecule has 5 heteroatoms. The van der Waals surface area contributed by atoms with E-state index >= 15 is 0 Å². The number of rotatable bonds is 9. The summed E-state index contributed by atoms with van der Waals surface area (Å²) in [6.07, 6.45) is 5.55. The molecule has 33 heavy (non-hydrogen) atoms. The fraction of sp³-hybridized carbons (Fsp3) is 0.500. The largest absolute Gasteiger partial charge is 0.483 e. The Balaban J connectivity index is 1.74. The Kier molecular flexibility index (Phi) is 8.93. The number of hydrogen-bond donors (Lipinski definition) is 1. The molecule has 0 bridgehead atoms. The summed E-state index contributed by atoms with van der Waals surface area (Å²) in [6.45, 7) is 8.32. The zero-order chi connectivity index (χ0) is 23.8. The minimum atomic E-state index is -0.580. The molecule has 1 unspecified atom stereocenters. The van der Waals surface area contributed by atoms with Crippen LogP contribution in [0.4, 0.5) is 0 Å². The van der Waals surface area contributed by atoms with Gasteiger partial charge in [0, 0.05) is 12.6 Å². The number of carbonyl (C=O) groups excluding carboxylic acids is 2. The van der Waals surface area contributed by atoms with Crippen molar-refractivity contribution in [3.05, 3.63) is 65.2 Å². The van der Waals surface area contributed by atoms with Crippen LogP contribution in [0, 0.1) is 6.92 Å². The average Bonchev–Trinajstić information content (AvgIpc) is 2.81. The first-order valence-electron chi connectivity index (χ1n) is 12.2. The molecule has 178 valence electrons. The van der Waals surface area contributed by atoms with Gasteiger partial charge in [-0.05, 0) is 49.8 Å². The number of para-hydroxylation sites is 1. The van der Waals surface area contributed by atoms with Crippen LogP contribution in [0.1, 0.15) is 75.5 Å². The molecule has 0 saturated heterocycles. The predicted molar refractivity (Wildman–Crippen MR) is 132 cm³/mol. The highest BCUT2D eigenvalue weighted by molar-refractivity contribution is 5.88. The van der Waals surface area contributed by atoms with Gasteiger partial charge < -0.3 is 15.0 Å². The molecule has 2 amide bonds. The van der Waals surface area contributed by atoms with Crippen LogP contribution in [0.5, 0.6) is 5.75 Å². The van der Waals surface area contributed by atoms with Crippen LogP contribution in [0.3, 0.4) is 0 Å². The van der Waals surface area contributed by atoms with Crippen LogP contribution in [-0.2, 0) is 16.1 Å². The molecule has 1 aliphatic rings. The molecule has 3 rings (SSSR count). The van der Waals surface area contributed by atoms with E-state index in [0.717, 1.165) is 48.1 Å². The van der Waals surface area contributed by atoms with E-state index in [0.29, 0.717) is 12.5 Å². The molecule has 1 fully saturated rings. The van der Waals surface area contributed by atoms with Gasteiger partial charge in [0.1, 0.15) is 11.8 Å². The summed E-state index contributed by atoms with van der Waals surface area (Å²) in [5, 5.41) is 3.18. The molecular formula is C28H38N2O3. The summed E-state index contributed by atoms with van der Waals surface area (Å²) in [5.41, 5.74) is 3.20. The van der Waals surface area contributed by atoms with Gasteiger partial charge in [0.2, 0.25) is 5.91 Å². The minimum Gasteiger partial charge on any atom is -0.483 e. The zero-order valence-corrected chi connectivity index (χ0v) is 20.5. The van der Waals surface area contributed by atoms with Crippen LogP contribution >= 0.6 is 0 Å². The lowest BCUT2D eigenvalue weighted by Crippen LogP contribution is -2.51. The summed E-state index contributed by atoms with van der Waals surface area (Å²) in [7, 11) is 0. The third-order valence-electron chi connectivity index (χ3n) is 6.45. The van der Waals surface area contributed by atoms with Crippen molar-refractivity contribution in [3.8, 4) is 5.75 Å². The second-order valence-electron chi connectivity index (χ2n) is 9.51. The van der Waals surface area contributed by atoms with Gasteiger partial charge in [0.15, 0.2) is 6.61 Å². The van der Waals surface area contributed by atoms with E-state index in [2.05, 4.69) is 25.2 Å². The molecule has 1 aliphatic carbocycles. The number of hydrogen-bond acceptors (Lipinski definition) is 3. The molecule has 0 aliphatic heterocycles. The van der Waals surface area contributed by atoms with E-state index in [1.165, 1.54) is 6.42 Å². The van der Waals surface area contributed by atoms with Gasteiger partial charge in [-0.1, -0.05) is 81.1 Å². The first-order chi connectivity index (χ1) is 15.8. The van der Waals surface area contributed by atoms with Crippen LogP contribution in [0.25, 0.3) is 0 Å². The molecule has 1 N–H and O–H groups in total. The zero-order valence-electron chi connectivity index (χ0n) is 20.5. The lowest BCUT2D eigenvalue weighted by Gasteiger charge is -2.31. The normalized spacial score (nSPS) is 15.2. The molecular weight excluding hydrogens is 412 g/mol. The van der Waals surface area contributed by atoms with Gasteiger partial charge in [-0.3, -0.25) is 9.59 Å². The quantitative estimate of drug-likeness (QED) is 0.559. The third-order valence-corrected chi connectivity index (χ3v) is 6.45. The number of nitrogens with one attached hydrogen (secondary N) is 1. The van der Waals surface area contributed by atoms with E-state index in [1.54, 1.807) is 4.90 Å². The van der Waals surface area contributed by atoms with Crippen LogP contribution < -0.4 is 10.1 Å². The lowest BCUT2D eigenvalue weighted by atomic mass is 9.95. The predicted octanol–water partition coefficient (Wildman–Crippen LogP) is 5.36. The Bertz CT molecular complexity index is 934. The Morgan fingerprint density at radius 1 is 1.03 bits per heavy atom. The Morgan fingerprint density at radius 3 is 2.45 bits per heavy atom. The van der Waals surface area contributed by atoms with Gasteiger partial charge in [-0.2, -0.15) is 0 Å². The maximum absolute atomic E-state index is 13.3. The second kappa shape index (κ2) is 11.9. The van der Waals surface area contributed by atoms with Crippen molar-refractivity contribution in [2.45, 2.75) is 84.3 Å². The summed E-state index contributed by atoms with van der Waals surface area (Å²) < 4.78 is 5.96. The molecule has 0 spiro atoms. The van der Waals surface area contributed by atoms with E-state index in [1.807, 2.05) is 56.3 Å². The molecule has 5 nitrogen and oxygen atoms in total. The molecule has 2 aromatic carbocycles. The van der Waals surface area contributed by atoms with Crippen LogP contribution in [0.15, 0.2) is 48.5 Å². The van der Waals surface area contributed by atoms with Crippen molar-refractivity contribution in [2.75, 3.05) is 6.61 Å². The third kappa shape index (κ3) is 7.08. The fourth-order valence-corrected chi connectivity index (χ4v) is 4.47. The molecule has 0 aromatic heterocycles. The maximum Gasteiger partial charge on any atom is 0.261 e. The van der Waals surface area contributed by atoms with Crippen molar-refractivity contribution in [3.63, 3.8) is 0 Å². The first-order valence-corrected chi connectivity index (χ1v) is 12.2. The summed E-state index contributed by atoms with van der Waals surface area (Å²) in [4.78, 5) is 28.1. The number of benzene rings is 2. The SMILES string of the molecule is Cc1cccc(CN(C(=O)COc2ccccc2C(C)C)C(C)C(=O)NC2CCCCC2)c1. The minimum absolute atomic E-state index is 0.0921. The highest BCUT2D eigenvalue weighted by Crippen LogP contribution is 2.26. The molecule has 0 heterocycles. The Hall–Kier alpha value is -2.82. The van der Waals surface area contributed by atoms with E-state index in [4.69, 9.17) is 4.74 Å². The molecule has 1 saturated carbocycles. The van der Waals surface area contributed by atoms with Gasteiger partial charge in [-0.25, -0.2) is 0 Å². The lowest BCUT2D eigenvalue weighted by molar-refractivity contribution is -0.142. The van der Waals surface area contributed by atoms with Gasteiger partial charge in [-0.15, -0.1) is 0 Å². The fourth-order valence-electron chi connectivity index (χ4n) is 4.47. The van der Waals surface area contributed by atoms with Gasteiger partial charge in [0.05, 0.1) is 0 Å². The van der Waals surface area contributed by atoms with Crippen molar-refractivity contribution >= 4 is 11.8 Å². The Morgan fingerprint density at radius 2 is 1.76 bits per heavy atom. The van der Waals surface area contributed by atoms with E-state index < -0.39 is 6.04 Å². The number of nitrogens with zero attached hydrogens (tertiary/aromatic N) is 1. The summed E-state index contributed by atoms with van der Waals surface area (Å²) in [6, 6.07) is 15.5. The van der Waals surface area contributed by atoms with Crippen LogP contribution in [0.2, 0.25) is 0 Å². The summed E-state index contributed by atoms with van der Waals surface area (Å²) >= 11 is 0.